The second kappa shape index (κ2) is 8.91. The summed E-state index contributed by atoms with van der Waals surface area (Å²) in [6.07, 6.45) is 0. The lowest BCUT2D eigenvalue weighted by atomic mass is 9.94. The maximum atomic E-state index is 11.2. The molecule has 1 fully saturated rings. The van der Waals surface area contributed by atoms with E-state index in [1.165, 1.54) is 21.6 Å². The first-order chi connectivity index (χ1) is 14.1. The van der Waals surface area contributed by atoms with Gasteiger partial charge in [-0.3, -0.25) is 14.6 Å². The summed E-state index contributed by atoms with van der Waals surface area (Å²) >= 11 is 1.76. The predicted octanol–water partition coefficient (Wildman–Crippen LogP) is 4.60. The number of nitrogens with zero attached hydrogens (tertiary/aromatic N) is 2. The lowest BCUT2D eigenvalue weighted by Gasteiger charge is -2.43. The van der Waals surface area contributed by atoms with Gasteiger partial charge in [-0.2, -0.15) is 0 Å². The van der Waals surface area contributed by atoms with Crippen molar-refractivity contribution < 1.29 is 9.90 Å². The van der Waals surface area contributed by atoms with Crippen LogP contribution in [0.25, 0.3) is 10.4 Å². The summed E-state index contributed by atoms with van der Waals surface area (Å²) in [5.41, 5.74) is 3.80. The average molecular weight is 407 g/mol. The number of aliphatic carboxylic acids is 1. The summed E-state index contributed by atoms with van der Waals surface area (Å²) in [6.45, 7) is 4.69. The lowest BCUT2D eigenvalue weighted by Crippen LogP contribution is -2.54. The van der Waals surface area contributed by atoms with E-state index in [1.807, 2.05) is 0 Å². The molecule has 1 N–H and O–H groups in total. The minimum Gasteiger partial charge on any atom is -0.480 e. The number of carboxylic acids is 1. The normalized spacial score (nSPS) is 19.1. The molecular formula is C24H26N2O2S. The van der Waals surface area contributed by atoms with Crippen molar-refractivity contribution in [2.24, 2.45) is 0 Å². The van der Waals surface area contributed by atoms with Gasteiger partial charge in [-0.15, -0.1) is 11.3 Å². The predicted molar refractivity (Wildman–Crippen MR) is 118 cm³/mol. The first kappa shape index (κ1) is 19.8. The molecule has 29 heavy (non-hydrogen) atoms. The number of carboxylic acid groups (broad SMARTS) is 1. The molecule has 3 aromatic rings. The minimum absolute atomic E-state index is 0.110. The Hall–Kier alpha value is -2.47. The molecule has 1 aliphatic heterocycles. The highest BCUT2D eigenvalue weighted by Crippen LogP contribution is 2.34. The number of hydrogen-bond acceptors (Lipinski definition) is 4. The molecule has 1 unspecified atom stereocenters. The Labute approximate surface area is 176 Å². The number of piperazine rings is 1. The van der Waals surface area contributed by atoms with E-state index in [2.05, 4.69) is 88.8 Å². The zero-order chi connectivity index (χ0) is 20.2. The SMILES string of the molecule is C[C@@H]1CN(C(c2ccccc2)c2cccc(-c3cccs3)c2)CCN1CC(=O)O. The second-order valence-corrected chi connectivity index (χ2v) is 8.57. The van der Waals surface area contributed by atoms with Gasteiger partial charge in [0.2, 0.25) is 0 Å². The van der Waals surface area contributed by atoms with E-state index in [0.717, 1.165) is 19.6 Å². The highest BCUT2D eigenvalue weighted by Gasteiger charge is 2.31. The number of thiophene rings is 1. The molecule has 4 nitrogen and oxygen atoms in total. The van der Waals surface area contributed by atoms with Gasteiger partial charge in [0.1, 0.15) is 0 Å². The molecule has 150 valence electrons. The standard InChI is InChI=1S/C24H26N2O2S/c1-18-16-26(13-12-25(18)17-23(27)28)24(19-7-3-2-4-8-19)21-10-5-9-20(15-21)22-11-6-14-29-22/h2-11,14-15,18,24H,12-13,16-17H2,1H3,(H,27,28)/t18-,24?/m1/s1. The topological polar surface area (TPSA) is 43.8 Å². The summed E-state index contributed by atoms with van der Waals surface area (Å²) in [7, 11) is 0. The monoisotopic (exact) mass is 406 g/mol. The van der Waals surface area contributed by atoms with E-state index in [0.29, 0.717) is 0 Å². The maximum Gasteiger partial charge on any atom is 0.317 e. The van der Waals surface area contributed by atoms with Crippen LogP contribution in [-0.4, -0.2) is 53.1 Å². The Kier molecular flexibility index (Phi) is 6.09. The van der Waals surface area contributed by atoms with Crippen LogP contribution in [0.15, 0.2) is 72.1 Å². The summed E-state index contributed by atoms with van der Waals surface area (Å²) in [5.74, 6) is -0.756. The van der Waals surface area contributed by atoms with Gasteiger partial charge in [0.15, 0.2) is 0 Å². The van der Waals surface area contributed by atoms with Gasteiger partial charge in [-0.1, -0.05) is 54.6 Å². The quantitative estimate of drug-likeness (QED) is 0.650. The van der Waals surface area contributed by atoms with E-state index < -0.39 is 5.97 Å². The Bertz CT molecular complexity index is 943. The molecule has 0 spiro atoms. The minimum atomic E-state index is -0.756. The van der Waals surface area contributed by atoms with Crippen molar-refractivity contribution in [3.8, 4) is 10.4 Å². The van der Waals surface area contributed by atoms with Crippen LogP contribution in [-0.2, 0) is 4.79 Å². The fraction of sp³-hybridized carbons (Fsp3) is 0.292. The third-order valence-corrected chi connectivity index (χ3v) is 6.54. The third-order valence-electron chi connectivity index (χ3n) is 5.62. The average Bonchev–Trinajstić information content (AvgIpc) is 3.26. The van der Waals surface area contributed by atoms with Crippen LogP contribution in [0.2, 0.25) is 0 Å². The maximum absolute atomic E-state index is 11.2. The van der Waals surface area contributed by atoms with Gasteiger partial charge in [0.05, 0.1) is 12.6 Å². The number of rotatable bonds is 6. The third kappa shape index (κ3) is 4.58. The summed E-state index contributed by atoms with van der Waals surface area (Å²) < 4.78 is 0. The fourth-order valence-electron chi connectivity index (χ4n) is 4.22. The molecule has 2 atom stereocenters. The van der Waals surface area contributed by atoms with Gasteiger partial charge >= 0.3 is 5.97 Å². The van der Waals surface area contributed by atoms with Gasteiger partial charge in [-0.25, -0.2) is 0 Å². The molecule has 4 rings (SSSR count). The Morgan fingerprint density at radius 1 is 1.07 bits per heavy atom. The van der Waals surface area contributed by atoms with Crippen molar-refractivity contribution in [3.05, 3.63) is 83.2 Å². The van der Waals surface area contributed by atoms with Crippen molar-refractivity contribution in [1.82, 2.24) is 9.80 Å². The zero-order valence-electron chi connectivity index (χ0n) is 16.6. The molecule has 0 saturated carbocycles. The van der Waals surface area contributed by atoms with Crippen LogP contribution in [0.5, 0.6) is 0 Å². The molecule has 5 heteroatoms. The van der Waals surface area contributed by atoms with Crippen molar-refractivity contribution in [1.29, 1.82) is 0 Å². The van der Waals surface area contributed by atoms with Gasteiger partial charge in [0, 0.05) is 30.6 Å². The molecule has 1 aromatic heterocycles. The molecule has 2 heterocycles. The first-order valence-corrected chi connectivity index (χ1v) is 10.9. The van der Waals surface area contributed by atoms with Crippen LogP contribution < -0.4 is 0 Å². The summed E-state index contributed by atoms with van der Waals surface area (Å²) in [5, 5.41) is 11.3. The largest absolute Gasteiger partial charge is 0.480 e. The Balaban J connectivity index is 1.65. The van der Waals surface area contributed by atoms with Gasteiger partial charge in [-0.05, 0) is 41.1 Å². The number of carbonyl (C=O) groups is 1. The summed E-state index contributed by atoms with van der Waals surface area (Å²) in [6, 6.07) is 24.1. The highest BCUT2D eigenvalue weighted by molar-refractivity contribution is 7.13. The molecule has 0 bridgehead atoms. The first-order valence-electron chi connectivity index (χ1n) is 10.0. The molecule has 1 saturated heterocycles. The van der Waals surface area contributed by atoms with Crippen LogP contribution >= 0.6 is 11.3 Å². The number of benzene rings is 2. The van der Waals surface area contributed by atoms with E-state index in [9.17, 15) is 9.90 Å². The summed E-state index contributed by atoms with van der Waals surface area (Å²) in [4.78, 5) is 17.0. The van der Waals surface area contributed by atoms with Gasteiger partial charge < -0.3 is 5.11 Å². The highest BCUT2D eigenvalue weighted by atomic mass is 32.1. The van der Waals surface area contributed by atoms with Gasteiger partial charge in [0.25, 0.3) is 0 Å². The number of hydrogen-bond donors (Lipinski definition) is 1. The van der Waals surface area contributed by atoms with E-state index in [4.69, 9.17) is 0 Å². The molecule has 0 aliphatic carbocycles. The van der Waals surface area contributed by atoms with Crippen molar-refractivity contribution in [2.45, 2.75) is 19.0 Å². The van der Waals surface area contributed by atoms with Crippen molar-refractivity contribution >= 4 is 17.3 Å². The fourth-order valence-corrected chi connectivity index (χ4v) is 4.94. The van der Waals surface area contributed by atoms with E-state index in [1.54, 1.807) is 11.3 Å². The van der Waals surface area contributed by atoms with E-state index >= 15 is 0 Å². The molecule has 2 aromatic carbocycles. The van der Waals surface area contributed by atoms with Crippen LogP contribution in [0.4, 0.5) is 0 Å². The Morgan fingerprint density at radius 3 is 2.55 bits per heavy atom. The molecule has 0 radical (unpaired) electrons. The lowest BCUT2D eigenvalue weighted by molar-refractivity contribution is -0.139. The molecule has 0 amide bonds. The molecular weight excluding hydrogens is 380 g/mol. The van der Waals surface area contributed by atoms with Crippen LogP contribution in [0.3, 0.4) is 0 Å². The van der Waals surface area contributed by atoms with Crippen LogP contribution in [0, 0.1) is 0 Å². The second-order valence-electron chi connectivity index (χ2n) is 7.62. The van der Waals surface area contributed by atoms with Crippen molar-refractivity contribution in [3.63, 3.8) is 0 Å². The smallest absolute Gasteiger partial charge is 0.317 e. The zero-order valence-corrected chi connectivity index (χ0v) is 17.4. The molecule has 1 aliphatic rings. The van der Waals surface area contributed by atoms with E-state index in [-0.39, 0.29) is 18.6 Å². The Morgan fingerprint density at radius 2 is 1.86 bits per heavy atom. The van der Waals surface area contributed by atoms with Crippen LogP contribution in [0.1, 0.15) is 24.1 Å². The van der Waals surface area contributed by atoms with Crippen molar-refractivity contribution in [2.75, 3.05) is 26.2 Å².